The SMILES string of the molecule is CC(=O)c1cccc(N2C(=O)C3N=NC4(CC4)C3C2=O)c1. The van der Waals surface area contributed by atoms with Gasteiger partial charge in [-0.25, -0.2) is 4.90 Å². The number of ketones is 1. The van der Waals surface area contributed by atoms with Crippen LogP contribution in [0.15, 0.2) is 34.5 Å². The van der Waals surface area contributed by atoms with Crippen LogP contribution in [0.1, 0.15) is 30.1 Å². The van der Waals surface area contributed by atoms with Crippen LogP contribution in [-0.4, -0.2) is 29.2 Å². The van der Waals surface area contributed by atoms with Crippen molar-refractivity contribution in [2.45, 2.75) is 31.3 Å². The molecule has 1 spiro atoms. The maximum Gasteiger partial charge on any atom is 0.261 e. The van der Waals surface area contributed by atoms with E-state index in [0.29, 0.717) is 11.3 Å². The lowest BCUT2D eigenvalue weighted by atomic mass is 9.94. The van der Waals surface area contributed by atoms with E-state index in [9.17, 15) is 14.4 Å². The van der Waals surface area contributed by atoms with Crippen LogP contribution in [0.2, 0.25) is 0 Å². The molecule has 1 aromatic carbocycles. The molecule has 1 aromatic rings. The number of hydrogen-bond donors (Lipinski definition) is 0. The molecule has 6 nitrogen and oxygen atoms in total. The molecule has 2 fully saturated rings. The van der Waals surface area contributed by atoms with Crippen molar-refractivity contribution in [2.24, 2.45) is 16.1 Å². The minimum absolute atomic E-state index is 0.102. The van der Waals surface area contributed by atoms with Crippen LogP contribution in [-0.2, 0) is 9.59 Å². The molecule has 0 bridgehead atoms. The molecule has 2 amide bonds. The topological polar surface area (TPSA) is 79.2 Å². The van der Waals surface area contributed by atoms with Crippen molar-refractivity contribution < 1.29 is 14.4 Å². The fraction of sp³-hybridized carbons (Fsp3) is 0.400. The largest absolute Gasteiger partial charge is 0.295 e. The van der Waals surface area contributed by atoms with Crippen LogP contribution in [0.4, 0.5) is 5.69 Å². The van der Waals surface area contributed by atoms with Gasteiger partial charge in [0.1, 0.15) is 0 Å². The van der Waals surface area contributed by atoms with Crippen molar-refractivity contribution in [3.05, 3.63) is 29.8 Å². The minimum atomic E-state index is -0.680. The van der Waals surface area contributed by atoms with Crippen LogP contribution >= 0.6 is 0 Å². The van der Waals surface area contributed by atoms with E-state index in [1.165, 1.54) is 11.8 Å². The molecule has 2 heterocycles. The van der Waals surface area contributed by atoms with E-state index >= 15 is 0 Å². The summed E-state index contributed by atoms with van der Waals surface area (Å²) in [6.45, 7) is 1.45. The van der Waals surface area contributed by atoms with E-state index in [0.717, 1.165) is 12.8 Å². The maximum atomic E-state index is 12.6. The Balaban J connectivity index is 1.75. The second-order valence-corrected chi connectivity index (χ2v) is 5.86. The predicted octanol–water partition coefficient (Wildman–Crippen LogP) is 1.75. The molecule has 3 aliphatic rings. The molecule has 106 valence electrons. The number of anilines is 1. The van der Waals surface area contributed by atoms with Gasteiger partial charge < -0.3 is 0 Å². The predicted molar refractivity (Wildman–Crippen MR) is 73.0 cm³/mol. The number of rotatable bonds is 2. The van der Waals surface area contributed by atoms with Gasteiger partial charge in [0.2, 0.25) is 5.91 Å². The zero-order valence-corrected chi connectivity index (χ0v) is 11.4. The van der Waals surface area contributed by atoms with Crippen molar-refractivity contribution in [2.75, 3.05) is 4.90 Å². The summed E-state index contributed by atoms with van der Waals surface area (Å²) in [7, 11) is 0. The first-order valence-electron chi connectivity index (χ1n) is 6.94. The van der Waals surface area contributed by atoms with E-state index in [4.69, 9.17) is 0 Å². The zero-order chi connectivity index (χ0) is 14.8. The summed E-state index contributed by atoms with van der Waals surface area (Å²) < 4.78 is 0. The van der Waals surface area contributed by atoms with E-state index in [1.807, 2.05) is 0 Å². The molecule has 0 N–H and O–H groups in total. The summed E-state index contributed by atoms with van der Waals surface area (Å²) in [6, 6.07) is 5.91. The number of carbonyl (C=O) groups excluding carboxylic acids is 3. The molecule has 2 aliphatic heterocycles. The number of hydrogen-bond acceptors (Lipinski definition) is 5. The van der Waals surface area contributed by atoms with E-state index < -0.39 is 17.5 Å². The fourth-order valence-corrected chi connectivity index (χ4v) is 3.19. The molecule has 2 atom stereocenters. The second kappa shape index (κ2) is 3.84. The van der Waals surface area contributed by atoms with Gasteiger partial charge in [0.05, 0.1) is 17.1 Å². The molecule has 6 heteroatoms. The third-order valence-electron chi connectivity index (χ3n) is 4.51. The first kappa shape index (κ1) is 12.4. The monoisotopic (exact) mass is 283 g/mol. The summed E-state index contributed by atoms with van der Waals surface area (Å²) in [5, 5.41) is 8.16. The first-order valence-corrected chi connectivity index (χ1v) is 6.94. The Labute approximate surface area is 120 Å². The quantitative estimate of drug-likeness (QED) is 0.612. The molecule has 2 unspecified atom stereocenters. The molecule has 0 aromatic heterocycles. The van der Waals surface area contributed by atoms with Crippen LogP contribution in [0.25, 0.3) is 0 Å². The Bertz CT molecular complexity index is 721. The Morgan fingerprint density at radius 3 is 2.71 bits per heavy atom. The third kappa shape index (κ3) is 1.55. The normalized spacial score (nSPS) is 28.3. The molecule has 1 saturated carbocycles. The Hall–Kier alpha value is -2.37. The minimum Gasteiger partial charge on any atom is -0.295 e. The molecular formula is C15H13N3O3. The summed E-state index contributed by atoms with van der Waals surface area (Å²) >= 11 is 0. The summed E-state index contributed by atoms with van der Waals surface area (Å²) in [5.41, 5.74) is 0.496. The van der Waals surface area contributed by atoms with Gasteiger partial charge in [-0.05, 0) is 31.9 Å². The lowest BCUT2D eigenvalue weighted by molar-refractivity contribution is -0.122. The number of azo groups is 1. The van der Waals surface area contributed by atoms with Crippen molar-refractivity contribution in [1.82, 2.24) is 0 Å². The van der Waals surface area contributed by atoms with Gasteiger partial charge in [-0.15, -0.1) is 0 Å². The Morgan fingerprint density at radius 2 is 2.05 bits per heavy atom. The number of imide groups is 1. The Kier molecular flexibility index (Phi) is 2.26. The van der Waals surface area contributed by atoms with Crippen molar-refractivity contribution in [3.8, 4) is 0 Å². The van der Waals surface area contributed by atoms with Crippen LogP contribution in [0, 0.1) is 5.92 Å². The number of Topliss-reactive ketones (excluding diaryl/α,β-unsaturated/α-hetero) is 1. The maximum absolute atomic E-state index is 12.6. The highest BCUT2D eigenvalue weighted by Crippen LogP contribution is 2.55. The first-order chi connectivity index (χ1) is 10.0. The smallest absolute Gasteiger partial charge is 0.261 e. The standard InChI is InChI=1S/C15H13N3O3/c1-8(19)9-3-2-4-10(7-9)18-13(20)11-12(14(18)21)16-17-15(11)5-6-15/h2-4,7,11-12H,5-6H2,1H3. The fourth-order valence-electron chi connectivity index (χ4n) is 3.19. The van der Waals surface area contributed by atoms with Crippen LogP contribution < -0.4 is 4.90 Å². The average molecular weight is 283 g/mol. The summed E-state index contributed by atoms with van der Waals surface area (Å²) in [6.07, 6.45) is 1.63. The number of benzene rings is 1. The summed E-state index contributed by atoms with van der Waals surface area (Å²) in [4.78, 5) is 37.7. The van der Waals surface area contributed by atoms with Gasteiger partial charge in [0, 0.05) is 5.56 Å². The van der Waals surface area contributed by atoms with Gasteiger partial charge >= 0.3 is 0 Å². The zero-order valence-electron chi connectivity index (χ0n) is 11.4. The van der Waals surface area contributed by atoms with E-state index in [-0.39, 0.29) is 17.6 Å². The molecule has 21 heavy (non-hydrogen) atoms. The lowest BCUT2D eigenvalue weighted by Crippen LogP contribution is -2.33. The van der Waals surface area contributed by atoms with Gasteiger partial charge in [0.15, 0.2) is 11.8 Å². The van der Waals surface area contributed by atoms with Gasteiger partial charge in [-0.3, -0.25) is 14.4 Å². The molecular weight excluding hydrogens is 270 g/mol. The highest BCUT2D eigenvalue weighted by atomic mass is 16.2. The number of amides is 2. The van der Waals surface area contributed by atoms with Crippen molar-refractivity contribution in [1.29, 1.82) is 0 Å². The number of fused-ring (bicyclic) bond motifs is 2. The Morgan fingerprint density at radius 1 is 1.29 bits per heavy atom. The molecule has 4 rings (SSSR count). The highest BCUT2D eigenvalue weighted by Gasteiger charge is 2.67. The highest BCUT2D eigenvalue weighted by molar-refractivity contribution is 6.24. The lowest BCUT2D eigenvalue weighted by Gasteiger charge is -2.17. The second-order valence-electron chi connectivity index (χ2n) is 5.86. The summed E-state index contributed by atoms with van der Waals surface area (Å²) in [5.74, 6) is -1.13. The van der Waals surface area contributed by atoms with E-state index in [2.05, 4.69) is 10.2 Å². The molecule has 0 radical (unpaired) electrons. The van der Waals surface area contributed by atoms with E-state index in [1.54, 1.807) is 24.3 Å². The molecule has 1 saturated heterocycles. The van der Waals surface area contributed by atoms with Crippen molar-refractivity contribution in [3.63, 3.8) is 0 Å². The number of nitrogens with zero attached hydrogens (tertiary/aromatic N) is 3. The molecule has 1 aliphatic carbocycles. The van der Waals surface area contributed by atoms with Crippen LogP contribution in [0.3, 0.4) is 0 Å². The van der Waals surface area contributed by atoms with Crippen molar-refractivity contribution >= 4 is 23.3 Å². The van der Waals surface area contributed by atoms with Gasteiger partial charge in [-0.2, -0.15) is 10.2 Å². The third-order valence-corrected chi connectivity index (χ3v) is 4.51. The van der Waals surface area contributed by atoms with Gasteiger partial charge in [-0.1, -0.05) is 12.1 Å². The van der Waals surface area contributed by atoms with Crippen LogP contribution in [0.5, 0.6) is 0 Å². The average Bonchev–Trinajstić information content (AvgIpc) is 3.05. The number of carbonyl (C=O) groups is 3. The van der Waals surface area contributed by atoms with Gasteiger partial charge in [0.25, 0.3) is 5.91 Å².